The number of hydrogen-bond acceptors (Lipinski definition) is 1. The number of imidazole rings is 1. The fourth-order valence-corrected chi connectivity index (χ4v) is 6.17. The van der Waals surface area contributed by atoms with Crippen LogP contribution in [-0.4, -0.2) is 15.8 Å². The number of nitrogens with zero attached hydrogens (tertiary/aromatic N) is 3. The van der Waals surface area contributed by atoms with Crippen LogP contribution in [0.4, 0.5) is 0 Å². The number of fused-ring (bicyclic) bond motifs is 1. The number of hydrogen-bond donors (Lipinski definition) is 0. The summed E-state index contributed by atoms with van der Waals surface area (Å²) in [5, 5.41) is 9.04. The van der Waals surface area contributed by atoms with Crippen LogP contribution in [0.15, 0.2) is 152 Å². The van der Waals surface area contributed by atoms with Gasteiger partial charge in [0, 0.05) is 12.5 Å². The molecule has 1 aromatic heterocycles. The predicted octanol–water partition coefficient (Wildman–Crippen LogP) is 13.8. The van der Waals surface area contributed by atoms with Gasteiger partial charge in [-0.05, 0) is 58.7 Å². The first-order chi connectivity index (χ1) is 28.0. The maximum atomic E-state index is 9.04. The average Bonchev–Trinajstić information content (AvgIpc) is 3.59. The number of aryl methyl sites for hydroxylation is 1. The van der Waals surface area contributed by atoms with Crippen LogP contribution in [0.1, 0.15) is 93.6 Å². The Balaban J connectivity index is 0.000000332. The topological polar surface area (TPSA) is 40.1 Å². The average molecular weight is 902 g/mol. The molecular formula is C51H50IrN3. The zero-order valence-corrected chi connectivity index (χ0v) is 34.7. The largest absolute Gasteiger partial charge is 3.00 e. The molecule has 1 heterocycles. The molecule has 0 aliphatic rings. The van der Waals surface area contributed by atoms with Gasteiger partial charge in [-0.3, -0.25) is 4.98 Å². The van der Waals surface area contributed by atoms with Gasteiger partial charge in [0.1, 0.15) is 0 Å². The van der Waals surface area contributed by atoms with Crippen molar-refractivity contribution in [2.75, 3.05) is 0 Å². The first-order valence-corrected chi connectivity index (χ1v) is 18.0. The number of rotatable bonds is 11. The minimum atomic E-state index is -2.36. The molecule has 0 aliphatic carbocycles. The fourth-order valence-electron chi connectivity index (χ4n) is 6.17. The first kappa shape index (κ1) is 35.3. The summed E-state index contributed by atoms with van der Waals surface area (Å²) in [6.45, 7) is 13.1. The fraction of sp³-hybridized carbons (Fsp3) is 0.176. The molecule has 278 valence electrons. The molecule has 0 unspecified atom stereocenters. The Morgan fingerprint density at radius 2 is 1.58 bits per heavy atom. The van der Waals surface area contributed by atoms with Crippen molar-refractivity contribution < 1.29 is 27.0 Å². The number of benzene rings is 5. The Hall–Kier alpha value is -5.41. The molecule has 0 fully saturated rings. The maximum Gasteiger partial charge on any atom is 3.00 e. The third-order valence-electron chi connectivity index (χ3n) is 8.90. The molecule has 0 radical (unpaired) electrons. The standard InChI is InChI=1S/C33H35N2.C18H15N.Ir/c1-8-9-10-14-24(6)29-21-26(20-19-25(29)7)33-34-30-17-11-12-18-31(30)35(33)32-27(22(2)3)15-13-16-28(32)23(4)5;1-15(16-8-4-2-5-9-16)14-18(12-13-19)17-10-6-3-7-11-17;/h8-19,21-23H,6H2,1-5,7H3;2-8,10-14H,1H3;/q-1;-2;+3/b9-8-,14-10-;15-14+,18-12+;/i7D3,22D,23D;;. The van der Waals surface area contributed by atoms with Crippen LogP contribution in [0.5, 0.6) is 0 Å². The van der Waals surface area contributed by atoms with Crippen LogP contribution in [0.3, 0.4) is 0 Å². The van der Waals surface area contributed by atoms with Gasteiger partial charge in [-0.1, -0.05) is 151 Å². The summed E-state index contributed by atoms with van der Waals surface area (Å²) in [6.07, 6.45) is 12.2. The van der Waals surface area contributed by atoms with Crippen molar-refractivity contribution in [3.05, 3.63) is 203 Å². The van der Waals surface area contributed by atoms with Crippen molar-refractivity contribution in [1.29, 1.82) is 0 Å². The minimum absolute atomic E-state index is 0. The molecule has 5 aromatic carbocycles. The molecule has 0 saturated carbocycles. The van der Waals surface area contributed by atoms with E-state index in [4.69, 9.17) is 17.2 Å². The number of aromatic nitrogens is 2. The van der Waals surface area contributed by atoms with E-state index >= 15 is 0 Å². The second-order valence-corrected chi connectivity index (χ2v) is 13.3. The van der Waals surface area contributed by atoms with Crippen LogP contribution < -0.4 is 0 Å². The van der Waals surface area contributed by atoms with Gasteiger partial charge >= 0.3 is 20.1 Å². The van der Waals surface area contributed by atoms with Gasteiger partial charge in [0.15, 0.2) is 0 Å². The van der Waals surface area contributed by atoms with Crippen LogP contribution in [0.25, 0.3) is 50.2 Å². The molecule has 6 aromatic rings. The van der Waals surface area contributed by atoms with Gasteiger partial charge in [0.05, 0.1) is 16.9 Å². The molecule has 55 heavy (non-hydrogen) atoms. The Morgan fingerprint density at radius 1 is 0.891 bits per heavy atom. The van der Waals surface area contributed by atoms with Crippen molar-refractivity contribution in [2.24, 2.45) is 0 Å². The normalized spacial score (nSPS) is 13.9. The summed E-state index contributed by atoms with van der Waals surface area (Å²) in [6, 6.07) is 41.0. The van der Waals surface area contributed by atoms with E-state index in [1.807, 2.05) is 167 Å². The quantitative estimate of drug-likeness (QED) is 0.0725. The van der Waals surface area contributed by atoms with E-state index in [1.165, 1.54) is 6.07 Å². The molecule has 0 N–H and O–H groups in total. The van der Waals surface area contributed by atoms with E-state index in [-0.39, 0.29) is 25.7 Å². The zero-order valence-electron chi connectivity index (χ0n) is 37.3. The maximum absolute atomic E-state index is 9.04. The van der Waals surface area contributed by atoms with Gasteiger partial charge in [-0.25, -0.2) is 0 Å². The van der Waals surface area contributed by atoms with Gasteiger partial charge < -0.3 is 9.98 Å². The SMILES string of the molecule is C/C(=C\C(=C/C=[N-])c1ccccc1)c1[c-]cccc1.[2H]C([2H])([2H])c1c[c-]c(-c2nc3ccccc3n2-c2c(C([2H])(C)C)cccc2C([2H])(C)C)cc1C(=C)/C=C\C=C/C.[Ir+3]. The second-order valence-electron chi connectivity index (χ2n) is 13.3. The van der Waals surface area contributed by atoms with Gasteiger partial charge in [-0.2, -0.15) is 6.21 Å². The van der Waals surface area contributed by atoms with E-state index in [0.717, 1.165) is 56.3 Å². The van der Waals surface area contributed by atoms with Crippen molar-refractivity contribution in [3.8, 4) is 17.1 Å². The summed E-state index contributed by atoms with van der Waals surface area (Å²) in [4.78, 5) is 4.98. The first-order valence-electron chi connectivity index (χ1n) is 20.5. The van der Waals surface area contributed by atoms with E-state index in [2.05, 4.69) is 18.7 Å². The van der Waals surface area contributed by atoms with Crippen LogP contribution in [-0.2, 0) is 20.1 Å². The molecule has 0 saturated heterocycles. The van der Waals surface area contributed by atoms with Crippen molar-refractivity contribution in [1.82, 2.24) is 9.55 Å². The summed E-state index contributed by atoms with van der Waals surface area (Å²) in [5.74, 6) is -1.39. The van der Waals surface area contributed by atoms with E-state index in [9.17, 15) is 0 Å². The molecule has 0 bridgehead atoms. The van der Waals surface area contributed by atoms with Crippen molar-refractivity contribution >= 4 is 34.0 Å². The number of allylic oxidation sites excluding steroid dienone is 9. The summed E-state index contributed by atoms with van der Waals surface area (Å²) >= 11 is 0. The van der Waals surface area contributed by atoms with Crippen LogP contribution in [0, 0.1) is 19.0 Å². The van der Waals surface area contributed by atoms with E-state index < -0.39 is 18.6 Å². The molecular weight excluding hydrogens is 847 g/mol. The predicted molar refractivity (Wildman–Crippen MR) is 234 cm³/mol. The molecule has 0 spiro atoms. The third kappa shape index (κ3) is 10.4. The van der Waals surface area contributed by atoms with Crippen LogP contribution in [0.2, 0.25) is 0 Å². The van der Waals surface area contributed by atoms with Gasteiger partial charge in [0.2, 0.25) is 0 Å². The second kappa shape index (κ2) is 20.3. The molecule has 6 rings (SSSR count). The van der Waals surface area contributed by atoms with E-state index in [0.29, 0.717) is 22.5 Å². The molecule has 3 nitrogen and oxygen atoms in total. The summed E-state index contributed by atoms with van der Waals surface area (Å²) < 4.78 is 44.3. The summed E-state index contributed by atoms with van der Waals surface area (Å²) in [7, 11) is 0. The molecule has 4 heteroatoms. The van der Waals surface area contributed by atoms with Gasteiger partial charge in [-0.15, -0.1) is 70.8 Å². The third-order valence-corrected chi connectivity index (χ3v) is 8.90. The van der Waals surface area contributed by atoms with Crippen molar-refractivity contribution in [3.63, 3.8) is 0 Å². The molecule has 0 amide bonds. The minimum Gasteiger partial charge on any atom is -0.811 e. The zero-order chi connectivity index (χ0) is 43.0. The van der Waals surface area contributed by atoms with Gasteiger partial charge in [0.25, 0.3) is 0 Å². The Labute approximate surface area is 349 Å². The van der Waals surface area contributed by atoms with E-state index in [1.54, 1.807) is 18.2 Å². The summed E-state index contributed by atoms with van der Waals surface area (Å²) in [5.41, 5.74) is 9.81. The monoisotopic (exact) mass is 902 g/mol. The van der Waals surface area contributed by atoms with Crippen molar-refractivity contribution in [2.45, 2.75) is 60.2 Å². The molecule has 0 atom stereocenters. The Morgan fingerprint density at radius 3 is 2.22 bits per heavy atom. The van der Waals surface area contributed by atoms with Crippen LogP contribution >= 0.6 is 0 Å². The smallest absolute Gasteiger partial charge is 0.811 e. The Kier molecular flexibility index (Phi) is 13.0. The number of para-hydroxylation sites is 3. The Bertz CT molecular complexity index is 2520. The molecule has 0 aliphatic heterocycles.